The minimum absolute atomic E-state index is 0.877. The average Bonchev–Trinajstić information content (AvgIpc) is 3.01. The first kappa shape index (κ1) is 15.0. The van der Waals surface area contributed by atoms with E-state index in [0.29, 0.717) is 0 Å². The predicted molar refractivity (Wildman–Crippen MR) is 85.9 cm³/mol. The first-order chi connectivity index (χ1) is 10.1. The molecule has 0 amide bonds. The van der Waals surface area contributed by atoms with Crippen molar-refractivity contribution < 1.29 is 4.52 Å². The van der Waals surface area contributed by atoms with Crippen LogP contribution in [0, 0.1) is 13.8 Å². The van der Waals surface area contributed by atoms with Crippen molar-refractivity contribution in [1.29, 1.82) is 0 Å². The van der Waals surface area contributed by atoms with E-state index in [0.717, 1.165) is 55.1 Å². The first-order valence-electron chi connectivity index (χ1n) is 7.22. The summed E-state index contributed by atoms with van der Waals surface area (Å²) in [6.45, 7) is 10.3. The van der Waals surface area contributed by atoms with E-state index in [4.69, 9.17) is 16.1 Å². The van der Waals surface area contributed by atoms with Gasteiger partial charge in [-0.3, -0.25) is 9.80 Å². The lowest BCUT2D eigenvalue weighted by atomic mass is 10.2. The zero-order valence-electron chi connectivity index (χ0n) is 12.4. The molecule has 0 atom stereocenters. The average molecular weight is 326 g/mol. The molecule has 6 heteroatoms. The molecule has 1 aliphatic heterocycles. The van der Waals surface area contributed by atoms with Gasteiger partial charge in [-0.25, -0.2) is 0 Å². The second kappa shape index (κ2) is 6.48. The van der Waals surface area contributed by atoms with Gasteiger partial charge in [0.05, 0.1) is 10.0 Å². The maximum absolute atomic E-state index is 5.99. The summed E-state index contributed by atoms with van der Waals surface area (Å²) in [4.78, 5) is 6.32. The minimum atomic E-state index is 0.877. The highest BCUT2D eigenvalue weighted by Crippen LogP contribution is 2.23. The molecular formula is C15H20ClN3OS. The molecule has 114 valence electrons. The summed E-state index contributed by atoms with van der Waals surface area (Å²) in [5.74, 6) is 0.947. The van der Waals surface area contributed by atoms with Gasteiger partial charge in [-0.2, -0.15) is 0 Å². The van der Waals surface area contributed by atoms with Crippen LogP contribution in [0.15, 0.2) is 16.7 Å². The summed E-state index contributed by atoms with van der Waals surface area (Å²) in [6.07, 6.45) is 0. The summed E-state index contributed by atoms with van der Waals surface area (Å²) >= 11 is 7.67. The summed E-state index contributed by atoms with van der Waals surface area (Å²) in [5.41, 5.74) is 2.26. The van der Waals surface area contributed by atoms with E-state index >= 15 is 0 Å². The van der Waals surface area contributed by atoms with Gasteiger partial charge >= 0.3 is 0 Å². The highest BCUT2D eigenvalue weighted by Gasteiger charge is 2.20. The van der Waals surface area contributed by atoms with E-state index in [2.05, 4.69) is 21.0 Å². The number of rotatable bonds is 4. The number of nitrogens with zero attached hydrogens (tertiary/aromatic N) is 3. The molecule has 21 heavy (non-hydrogen) atoms. The van der Waals surface area contributed by atoms with Crippen molar-refractivity contribution >= 4 is 22.9 Å². The smallest absolute Gasteiger partial charge is 0.138 e. The molecule has 2 aromatic rings. The predicted octanol–water partition coefficient (Wildman–Crippen LogP) is 3.32. The van der Waals surface area contributed by atoms with Gasteiger partial charge in [-0.1, -0.05) is 16.8 Å². The van der Waals surface area contributed by atoms with Crippen molar-refractivity contribution in [2.75, 3.05) is 26.2 Å². The van der Waals surface area contributed by atoms with Gasteiger partial charge in [-0.15, -0.1) is 11.3 Å². The van der Waals surface area contributed by atoms with Crippen molar-refractivity contribution in [1.82, 2.24) is 15.0 Å². The van der Waals surface area contributed by atoms with Crippen molar-refractivity contribution in [2.24, 2.45) is 0 Å². The molecule has 0 radical (unpaired) electrons. The van der Waals surface area contributed by atoms with E-state index in [9.17, 15) is 0 Å². The Morgan fingerprint density at radius 2 is 1.81 bits per heavy atom. The highest BCUT2D eigenvalue weighted by atomic mass is 35.5. The number of halogens is 1. The van der Waals surface area contributed by atoms with Crippen LogP contribution in [0.3, 0.4) is 0 Å². The molecule has 3 rings (SSSR count). The van der Waals surface area contributed by atoms with E-state index in [-0.39, 0.29) is 0 Å². The molecule has 2 aromatic heterocycles. The van der Waals surface area contributed by atoms with Crippen LogP contribution in [0.2, 0.25) is 4.34 Å². The molecule has 1 aliphatic rings. The zero-order chi connectivity index (χ0) is 14.8. The Morgan fingerprint density at radius 3 is 2.33 bits per heavy atom. The fourth-order valence-corrected chi connectivity index (χ4v) is 3.84. The second-order valence-electron chi connectivity index (χ2n) is 5.56. The van der Waals surface area contributed by atoms with E-state index in [1.54, 1.807) is 11.3 Å². The lowest BCUT2D eigenvalue weighted by molar-refractivity contribution is 0.122. The molecule has 4 nitrogen and oxygen atoms in total. The number of thiophene rings is 1. The van der Waals surface area contributed by atoms with Crippen molar-refractivity contribution in [3.63, 3.8) is 0 Å². The Morgan fingerprint density at radius 1 is 1.14 bits per heavy atom. The number of aryl methyl sites for hydroxylation is 2. The molecule has 0 N–H and O–H groups in total. The van der Waals surface area contributed by atoms with Crippen molar-refractivity contribution in [3.8, 4) is 0 Å². The summed E-state index contributed by atoms with van der Waals surface area (Å²) < 4.78 is 6.12. The molecule has 0 aromatic carbocycles. The molecule has 0 saturated carbocycles. The lowest BCUT2D eigenvalue weighted by Crippen LogP contribution is -2.45. The largest absolute Gasteiger partial charge is 0.361 e. The number of hydrogen-bond acceptors (Lipinski definition) is 5. The number of hydrogen-bond donors (Lipinski definition) is 0. The van der Waals surface area contributed by atoms with Crippen molar-refractivity contribution in [2.45, 2.75) is 26.9 Å². The SMILES string of the molecule is Cc1noc(C)c1CN1CCN(Cc2ccc(Cl)s2)CC1. The molecule has 0 aliphatic carbocycles. The van der Waals surface area contributed by atoms with Crippen molar-refractivity contribution in [3.05, 3.63) is 38.4 Å². The molecule has 1 fully saturated rings. The van der Waals surface area contributed by atoms with Crippen LogP contribution >= 0.6 is 22.9 Å². The van der Waals surface area contributed by atoms with E-state index in [1.807, 2.05) is 19.9 Å². The number of piperazine rings is 1. The van der Waals surface area contributed by atoms with Crippen LogP contribution in [-0.4, -0.2) is 41.1 Å². The first-order valence-corrected chi connectivity index (χ1v) is 8.42. The fraction of sp³-hybridized carbons (Fsp3) is 0.533. The van der Waals surface area contributed by atoms with Crippen LogP contribution in [0.25, 0.3) is 0 Å². The molecular weight excluding hydrogens is 306 g/mol. The Labute approximate surface area is 134 Å². The molecule has 0 spiro atoms. The molecule has 1 saturated heterocycles. The van der Waals surface area contributed by atoms with Gasteiger partial charge in [-0.05, 0) is 26.0 Å². The van der Waals surface area contributed by atoms with Crippen LogP contribution in [0.1, 0.15) is 21.9 Å². The summed E-state index contributed by atoms with van der Waals surface area (Å²) in [7, 11) is 0. The Hall–Kier alpha value is -0.880. The second-order valence-corrected chi connectivity index (χ2v) is 7.36. The van der Waals surface area contributed by atoms with Gasteiger partial charge in [0.2, 0.25) is 0 Å². The zero-order valence-corrected chi connectivity index (χ0v) is 14.0. The standard InChI is InChI=1S/C15H20ClN3OS/c1-11-14(12(2)20-17-11)10-19-7-5-18(6-8-19)9-13-3-4-15(16)21-13/h3-4H,5-10H2,1-2H3. The van der Waals surface area contributed by atoms with Crippen LogP contribution in [0.4, 0.5) is 0 Å². The van der Waals surface area contributed by atoms with E-state index in [1.165, 1.54) is 10.4 Å². The van der Waals surface area contributed by atoms with E-state index < -0.39 is 0 Å². The normalized spacial score (nSPS) is 17.5. The third kappa shape index (κ3) is 3.66. The maximum atomic E-state index is 5.99. The molecule has 0 bridgehead atoms. The third-order valence-electron chi connectivity index (χ3n) is 4.04. The van der Waals surface area contributed by atoms with Crippen LogP contribution in [0.5, 0.6) is 0 Å². The van der Waals surface area contributed by atoms with Gasteiger partial charge in [0, 0.05) is 49.7 Å². The molecule has 0 unspecified atom stereocenters. The Bertz CT molecular complexity index is 582. The van der Waals surface area contributed by atoms with Gasteiger partial charge < -0.3 is 4.52 Å². The fourth-order valence-electron chi connectivity index (χ4n) is 2.71. The maximum Gasteiger partial charge on any atom is 0.138 e. The Balaban J connectivity index is 1.51. The molecule has 3 heterocycles. The van der Waals surface area contributed by atoms with Gasteiger partial charge in [0.1, 0.15) is 5.76 Å². The van der Waals surface area contributed by atoms with Crippen LogP contribution in [-0.2, 0) is 13.1 Å². The summed E-state index contributed by atoms with van der Waals surface area (Å²) in [5, 5.41) is 4.03. The third-order valence-corrected chi connectivity index (χ3v) is 5.25. The van der Waals surface area contributed by atoms with Crippen LogP contribution < -0.4 is 0 Å². The topological polar surface area (TPSA) is 32.5 Å². The number of aromatic nitrogens is 1. The van der Waals surface area contributed by atoms with Gasteiger partial charge in [0.25, 0.3) is 0 Å². The summed E-state index contributed by atoms with van der Waals surface area (Å²) in [6, 6.07) is 4.11. The minimum Gasteiger partial charge on any atom is -0.361 e. The lowest BCUT2D eigenvalue weighted by Gasteiger charge is -2.34. The quantitative estimate of drug-likeness (QED) is 0.863. The Kier molecular flexibility index (Phi) is 4.64. The highest BCUT2D eigenvalue weighted by molar-refractivity contribution is 7.16. The monoisotopic (exact) mass is 325 g/mol. The van der Waals surface area contributed by atoms with Gasteiger partial charge in [0.15, 0.2) is 0 Å².